The molecule has 0 bridgehead atoms. The first-order valence-electron chi connectivity index (χ1n) is 8.11. The molecular formula is C17H27N3. The number of aryl methyl sites for hydroxylation is 1. The Morgan fingerprint density at radius 2 is 2.05 bits per heavy atom. The van der Waals surface area contributed by atoms with Crippen molar-refractivity contribution in [1.82, 2.24) is 15.3 Å². The minimum Gasteiger partial charge on any atom is -0.312 e. The first kappa shape index (κ1) is 14.0. The molecule has 1 N–H and O–H groups in total. The maximum atomic E-state index is 4.85. The largest absolute Gasteiger partial charge is 0.312 e. The summed E-state index contributed by atoms with van der Waals surface area (Å²) in [5, 5.41) is 3.63. The third-order valence-corrected chi connectivity index (χ3v) is 4.66. The third kappa shape index (κ3) is 3.20. The van der Waals surface area contributed by atoms with E-state index in [-0.39, 0.29) is 5.54 Å². The van der Waals surface area contributed by atoms with Crippen LogP contribution in [0, 0.1) is 5.92 Å². The first-order chi connectivity index (χ1) is 9.51. The Bertz CT molecular complexity index is 472. The number of nitrogens with one attached hydrogen (secondary N) is 1. The lowest BCUT2D eigenvalue weighted by atomic mass is 9.83. The normalized spacial score (nSPS) is 23.2. The summed E-state index contributed by atoms with van der Waals surface area (Å²) >= 11 is 0. The van der Waals surface area contributed by atoms with E-state index in [9.17, 15) is 0 Å². The molecule has 1 fully saturated rings. The summed E-state index contributed by atoms with van der Waals surface area (Å²) in [5.41, 5.74) is 2.93. The molecule has 1 heterocycles. The molecule has 1 atom stereocenters. The van der Waals surface area contributed by atoms with Gasteiger partial charge in [-0.05, 0) is 70.9 Å². The Kier molecular flexibility index (Phi) is 3.80. The highest BCUT2D eigenvalue weighted by molar-refractivity contribution is 5.22. The predicted molar refractivity (Wildman–Crippen MR) is 81.9 cm³/mol. The summed E-state index contributed by atoms with van der Waals surface area (Å²) in [7, 11) is 0. The van der Waals surface area contributed by atoms with E-state index in [1.54, 1.807) is 0 Å². The van der Waals surface area contributed by atoms with Gasteiger partial charge in [0, 0.05) is 23.3 Å². The van der Waals surface area contributed by atoms with Gasteiger partial charge in [-0.2, -0.15) is 0 Å². The predicted octanol–water partition coefficient (Wildman–Crippen LogP) is 3.24. The maximum absolute atomic E-state index is 4.85. The van der Waals surface area contributed by atoms with Gasteiger partial charge in [0.2, 0.25) is 0 Å². The number of rotatable bonds is 3. The van der Waals surface area contributed by atoms with Gasteiger partial charge in [0.1, 0.15) is 5.82 Å². The molecule has 3 nitrogen and oxygen atoms in total. The summed E-state index contributed by atoms with van der Waals surface area (Å²) in [6.45, 7) is 7.81. The van der Waals surface area contributed by atoms with Gasteiger partial charge in [-0.3, -0.25) is 0 Å². The van der Waals surface area contributed by atoms with Crippen molar-refractivity contribution in [3.05, 3.63) is 23.3 Å². The maximum Gasteiger partial charge on any atom is 0.131 e. The third-order valence-electron chi connectivity index (χ3n) is 4.66. The Morgan fingerprint density at radius 3 is 2.70 bits per heavy atom. The van der Waals surface area contributed by atoms with Crippen LogP contribution in [0.4, 0.5) is 0 Å². The van der Waals surface area contributed by atoms with Crippen LogP contribution in [0.5, 0.6) is 0 Å². The van der Waals surface area contributed by atoms with Crippen molar-refractivity contribution in [3.8, 4) is 0 Å². The molecule has 1 saturated carbocycles. The van der Waals surface area contributed by atoms with Crippen molar-refractivity contribution < 1.29 is 0 Å². The number of fused-ring (bicyclic) bond motifs is 1. The minimum absolute atomic E-state index is 0.213. The molecule has 0 aromatic carbocycles. The molecule has 1 aromatic heterocycles. The van der Waals surface area contributed by atoms with E-state index in [1.807, 2.05) is 0 Å². The highest BCUT2D eigenvalue weighted by atomic mass is 14.9. The van der Waals surface area contributed by atoms with Gasteiger partial charge < -0.3 is 5.32 Å². The fourth-order valence-electron chi connectivity index (χ4n) is 3.09. The highest BCUT2D eigenvalue weighted by Crippen LogP contribution is 2.35. The summed E-state index contributed by atoms with van der Waals surface area (Å²) in [5.74, 6) is 2.50. The Morgan fingerprint density at radius 1 is 1.25 bits per heavy atom. The quantitative estimate of drug-likeness (QED) is 0.918. The standard InChI is InChI=1S/C17H27N3/c1-17(2,3)19-10-12-7-8-15-14(9-12)11-18-16(20-15)13-5-4-6-13/h11-13,19H,4-10H2,1-3H3. The van der Waals surface area contributed by atoms with Gasteiger partial charge in [-0.1, -0.05) is 6.42 Å². The Labute approximate surface area is 122 Å². The molecular weight excluding hydrogens is 246 g/mol. The van der Waals surface area contributed by atoms with Crippen LogP contribution in [-0.2, 0) is 12.8 Å². The van der Waals surface area contributed by atoms with Crippen LogP contribution < -0.4 is 5.32 Å². The molecule has 0 spiro atoms. The number of aromatic nitrogens is 2. The molecule has 20 heavy (non-hydrogen) atoms. The monoisotopic (exact) mass is 273 g/mol. The number of hydrogen-bond acceptors (Lipinski definition) is 3. The van der Waals surface area contributed by atoms with E-state index in [0.29, 0.717) is 5.92 Å². The van der Waals surface area contributed by atoms with Gasteiger partial charge in [0.15, 0.2) is 0 Å². The Balaban J connectivity index is 1.63. The van der Waals surface area contributed by atoms with Crippen LogP contribution in [0.3, 0.4) is 0 Å². The van der Waals surface area contributed by atoms with Crippen molar-refractivity contribution in [2.75, 3.05) is 6.54 Å². The highest BCUT2D eigenvalue weighted by Gasteiger charge is 2.26. The molecule has 0 saturated heterocycles. The second-order valence-corrected chi connectivity index (χ2v) is 7.57. The van der Waals surface area contributed by atoms with Crippen LogP contribution in [0.2, 0.25) is 0 Å². The molecule has 3 rings (SSSR count). The van der Waals surface area contributed by atoms with Crippen molar-refractivity contribution >= 4 is 0 Å². The average Bonchev–Trinajstić information content (AvgIpc) is 2.33. The van der Waals surface area contributed by atoms with Crippen molar-refractivity contribution in [2.45, 2.75) is 70.8 Å². The molecule has 2 aliphatic rings. The zero-order valence-electron chi connectivity index (χ0n) is 13.1. The first-order valence-corrected chi connectivity index (χ1v) is 8.11. The zero-order chi connectivity index (χ0) is 14.2. The van der Waals surface area contributed by atoms with E-state index >= 15 is 0 Å². The fraction of sp³-hybridized carbons (Fsp3) is 0.765. The van der Waals surface area contributed by atoms with Gasteiger partial charge in [0.25, 0.3) is 0 Å². The SMILES string of the molecule is CC(C)(C)NCC1CCc2nc(C3CCC3)ncc2C1. The van der Waals surface area contributed by atoms with Gasteiger partial charge in [0.05, 0.1) is 0 Å². The van der Waals surface area contributed by atoms with Crippen molar-refractivity contribution in [1.29, 1.82) is 0 Å². The van der Waals surface area contributed by atoms with Gasteiger partial charge >= 0.3 is 0 Å². The number of hydrogen-bond donors (Lipinski definition) is 1. The lowest BCUT2D eigenvalue weighted by molar-refractivity contribution is 0.345. The van der Waals surface area contributed by atoms with Crippen LogP contribution in [0.1, 0.15) is 69.5 Å². The van der Waals surface area contributed by atoms with E-state index in [0.717, 1.165) is 31.1 Å². The summed E-state index contributed by atoms with van der Waals surface area (Å²) in [6.07, 6.45) is 9.58. The van der Waals surface area contributed by atoms with Crippen LogP contribution >= 0.6 is 0 Å². The van der Waals surface area contributed by atoms with Crippen LogP contribution in [0.15, 0.2) is 6.20 Å². The van der Waals surface area contributed by atoms with E-state index in [4.69, 9.17) is 4.98 Å². The second kappa shape index (κ2) is 5.44. The molecule has 3 heteroatoms. The Hall–Kier alpha value is -0.960. The molecule has 1 unspecified atom stereocenters. The van der Waals surface area contributed by atoms with E-state index in [2.05, 4.69) is 37.3 Å². The molecule has 2 aliphatic carbocycles. The van der Waals surface area contributed by atoms with Crippen molar-refractivity contribution in [3.63, 3.8) is 0 Å². The molecule has 0 amide bonds. The second-order valence-electron chi connectivity index (χ2n) is 7.57. The molecule has 0 aliphatic heterocycles. The molecule has 1 aromatic rings. The van der Waals surface area contributed by atoms with Crippen LogP contribution in [0.25, 0.3) is 0 Å². The topological polar surface area (TPSA) is 37.8 Å². The van der Waals surface area contributed by atoms with Crippen molar-refractivity contribution in [2.24, 2.45) is 5.92 Å². The minimum atomic E-state index is 0.213. The van der Waals surface area contributed by atoms with Gasteiger partial charge in [-0.15, -0.1) is 0 Å². The lowest BCUT2D eigenvalue weighted by Gasteiger charge is -2.29. The lowest BCUT2D eigenvalue weighted by Crippen LogP contribution is -2.40. The number of nitrogens with zero attached hydrogens (tertiary/aromatic N) is 2. The van der Waals surface area contributed by atoms with Gasteiger partial charge in [-0.25, -0.2) is 9.97 Å². The van der Waals surface area contributed by atoms with E-state index < -0.39 is 0 Å². The average molecular weight is 273 g/mol. The summed E-state index contributed by atoms with van der Waals surface area (Å²) in [4.78, 5) is 9.47. The summed E-state index contributed by atoms with van der Waals surface area (Å²) in [6, 6.07) is 0. The van der Waals surface area contributed by atoms with E-state index in [1.165, 1.54) is 36.9 Å². The molecule has 0 radical (unpaired) electrons. The smallest absolute Gasteiger partial charge is 0.131 e. The zero-order valence-corrected chi connectivity index (χ0v) is 13.1. The fourth-order valence-corrected chi connectivity index (χ4v) is 3.09. The van der Waals surface area contributed by atoms with Crippen LogP contribution in [-0.4, -0.2) is 22.1 Å². The molecule has 110 valence electrons. The summed E-state index contributed by atoms with van der Waals surface area (Å²) < 4.78 is 0.